The van der Waals surface area contributed by atoms with Gasteiger partial charge in [-0.3, -0.25) is 0 Å². The molecule has 1 fully saturated rings. The van der Waals surface area contributed by atoms with E-state index >= 15 is 0 Å². The molecule has 78 valence electrons. The predicted octanol–water partition coefficient (Wildman–Crippen LogP) is 1.11. The third kappa shape index (κ3) is 2.50. The van der Waals surface area contributed by atoms with Crippen LogP contribution in [0.2, 0.25) is 0 Å². The van der Waals surface area contributed by atoms with Crippen molar-refractivity contribution < 1.29 is 4.74 Å². The maximum Gasteiger partial charge on any atom is 0.131 e. The molecule has 1 aliphatic rings. The summed E-state index contributed by atoms with van der Waals surface area (Å²) in [5, 5.41) is 10.0. The van der Waals surface area contributed by atoms with Gasteiger partial charge in [0.05, 0.1) is 6.10 Å². The summed E-state index contributed by atoms with van der Waals surface area (Å²) in [4.78, 5) is 0. The van der Waals surface area contributed by atoms with Crippen LogP contribution in [-0.2, 0) is 17.7 Å². The molecule has 1 atom stereocenters. The van der Waals surface area contributed by atoms with Gasteiger partial charge in [0, 0.05) is 19.6 Å². The molecule has 1 unspecified atom stereocenters. The lowest BCUT2D eigenvalue weighted by molar-refractivity contribution is 0.0167. The molecule has 5 heteroatoms. The lowest BCUT2D eigenvalue weighted by atomic mass is 10.1. The number of hydrogen-bond acceptors (Lipinski definition) is 5. The lowest BCUT2D eigenvalue weighted by Gasteiger charge is -2.21. The molecule has 0 saturated carbocycles. The maximum absolute atomic E-state index is 5.63. The summed E-state index contributed by atoms with van der Waals surface area (Å²) in [7, 11) is 0. The molecule has 0 amide bonds. The third-order valence-corrected chi connectivity index (χ3v) is 3.33. The first-order chi connectivity index (χ1) is 6.88. The summed E-state index contributed by atoms with van der Waals surface area (Å²) in [5.74, 6) is 0. The van der Waals surface area contributed by atoms with E-state index in [0.717, 1.165) is 29.5 Å². The first kappa shape index (κ1) is 10.0. The van der Waals surface area contributed by atoms with Crippen LogP contribution >= 0.6 is 11.3 Å². The topological polar surface area (TPSA) is 61.0 Å². The zero-order chi connectivity index (χ0) is 9.80. The van der Waals surface area contributed by atoms with Crippen LogP contribution in [0, 0.1) is 0 Å². The van der Waals surface area contributed by atoms with E-state index in [1.54, 1.807) is 11.3 Å². The molecule has 0 bridgehead atoms. The molecule has 1 aromatic rings. The second-order valence-electron chi connectivity index (χ2n) is 3.49. The molecule has 2 N–H and O–H groups in total. The highest BCUT2D eigenvalue weighted by Gasteiger charge is 2.16. The molecule has 2 rings (SSSR count). The number of aromatic nitrogens is 2. The van der Waals surface area contributed by atoms with Gasteiger partial charge in [0.2, 0.25) is 0 Å². The van der Waals surface area contributed by atoms with Crippen LogP contribution in [0.4, 0.5) is 0 Å². The Hall–Kier alpha value is -0.520. The molecule has 0 aliphatic carbocycles. The molecule has 1 saturated heterocycles. The monoisotopic (exact) mass is 213 g/mol. The van der Waals surface area contributed by atoms with E-state index in [0.29, 0.717) is 12.6 Å². The fraction of sp³-hybridized carbons (Fsp3) is 0.778. The van der Waals surface area contributed by atoms with Crippen molar-refractivity contribution in [3.8, 4) is 0 Å². The number of nitrogens with two attached hydrogens (primary N) is 1. The minimum atomic E-state index is 0.349. The molecule has 4 nitrogen and oxygen atoms in total. The van der Waals surface area contributed by atoms with Gasteiger partial charge in [0.1, 0.15) is 10.0 Å². The second-order valence-corrected chi connectivity index (χ2v) is 4.63. The van der Waals surface area contributed by atoms with Crippen LogP contribution in [-0.4, -0.2) is 22.9 Å². The third-order valence-electron chi connectivity index (χ3n) is 2.36. The van der Waals surface area contributed by atoms with E-state index in [9.17, 15) is 0 Å². The Morgan fingerprint density at radius 1 is 1.36 bits per heavy atom. The number of hydrogen-bond donors (Lipinski definition) is 1. The highest BCUT2D eigenvalue weighted by Crippen LogP contribution is 2.19. The van der Waals surface area contributed by atoms with E-state index in [4.69, 9.17) is 10.5 Å². The second kappa shape index (κ2) is 4.82. The van der Waals surface area contributed by atoms with Gasteiger partial charge >= 0.3 is 0 Å². The Labute approximate surface area is 87.5 Å². The Kier molecular flexibility index (Phi) is 3.44. The predicted molar refractivity (Wildman–Crippen MR) is 55.1 cm³/mol. The Morgan fingerprint density at radius 2 is 2.21 bits per heavy atom. The zero-order valence-corrected chi connectivity index (χ0v) is 8.92. The SMILES string of the molecule is NCc1nnc(CC2CCCCO2)s1. The summed E-state index contributed by atoms with van der Waals surface area (Å²) in [6, 6.07) is 0. The maximum atomic E-state index is 5.63. The average molecular weight is 213 g/mol. The minimum Gasteiger partial charge on any atom is -0.378 e. The molecule has 0 spiro atoms. The number of ether oxygens (including phenoxy) is 1. The van der Waals surface area contributed by atoms with Crippen molar-refractivity contribution in [1.82, 2.24) is 10.2 Å². The summed E-state index contributed by atoms with van der Waals surface area (Å²) < 4.78 is 5.63. The van der Waals surface area contributed by atoms with E-state index in [2.05, 4.69) is 10.2 Å². The van der Waals surface area contributed by atoms with Crippen molar-refractivity contribution in [2.24, 2.45) is 5.73 Å². The molecule has 14 heavy (non-hydrogen) atoms. The average Bonchev–Trinajstić information content (AvgIpc) is 2.67. The van der Waals surface area contributed by atoms with Crippen LogP contribution in [0.1, 0.15) is 29.3 Å². The fourth-order valence-electron chi connectivity index (χ4n) is 1.62. The zero-order valence-electron chi connectivity index (χ0n) is 8.11. The van der Waals surface area contributed by atoms with E-state index in [-0.39, 0.29) is 0 Å². The number of rotatable bonds is 3. The largest absolute Gasteiger partial charge is 0.378 e. The molecule has 0 radical (unpaired) electrons. The molecular weight excluding hydrogens is 198 g/mol. The van der Waals surface area contributed by atoms with E-state index in [1.165, 1.54) is 12.8 Å². The highest BCUT2D eigenvalue weighted by atomic mass is 32.1. The standard InChI is InChI=1S/C9H15N3OS/c10-6-9-12-11-8(14-9)5-7-3-1-2-4-13-7/h7H,1-6,10H2. The highest BCUT2D eigenvalue weighted by molar-refractivity contribution is 7.11. The van der Waals surface area contributed by atoms with Gasteiger partial charge in [-0.15, -0.1) is 21.5 Å². The summed E-state index contributed by atoms with van der Waals surface area (Å²) in [5.41, 5.74) is 5.47. The smallest absolute Gasteiger partial charge is 0.131 e. The number of nitrogens with zero attached hydrogens (tertiary/aromatic N) is 2. The first-order valence-corrected chi connectivity index (χ1v) is 5.83. The Bertz CT molecular complexity index is 283. The van der Waals surface area contributed by atoms with Gasteiger partial charge in [0.25, 0.3) is 0 Å². The van der Waals surface area contributed by atoms with Crippen molar-refractivity contribution in [2.75, 3.05) is 6.61 Å². The van der Waals surface area contributed by atoms with Gasteiger partial charge in [-0.05, 0) is 19.3 Å². The van der Waals surface area contributed by atoms with Crippen LogP contribution in [0.5, 0.6) is 0 Å². The fourth-order valence-corrected chi connectivity index (χ4v) is 2.40. The van der Waals surface area contributed by atoms with Crippen LogP contribution in [0.25, 0.3) is 0 Å². The van der Waals surface area contributed by atoms with Gasteiger partial charge in [0.15, 0.2) is 0 Å². The summed E-state index contributed by atoms with van der Waals surface area (Å²) in [6.45, 7) is 1.39. The molecular formula is C9H15N3OS. The van der Waals surface area contributed by atoms with Crippen molar-refractivity contribution in [1.29, 1.82) is 0 Å². The van der Waals surface area contributed by atoms with Crippen LogP contribution in [0.15, 0.2) is 0 Å². The quantitative estimate of drug-likeness (QED) is 0.817. The van der Waals surface area contributed by atoms with E-state index < -0.39 is 0 Å². The Balaban J connectivity index is 1.89. The molecule has 2 heterocycles. The molecule has 0 aromatic carbocycles. The van der Waals surface area contributed by atoms with Crippen LogP contribution < -0.4 is 5.73 Å². The van der Waals surface area contributed by atoms with Crippen molar-refractivity contribution in [3.05, 3.63) is 10.0 Å². The molecule has 1 aliphatic heterocycles. The summed E-state index contributed by atoms with van der Waals surface area (Å²) >= 11 is 1.60. The van der Waals surface area contributed by atoms with E-state index in [1.807, 2.05) is 0 Å². The van der Waals surface area contributed by atoms with Crippen molar-refractivity contribution in [3.63, 3.8) is 0 Å². The normalized spacial score (nSPS) is 22.5. The first-order valence-electron chi connectivity index (χ1n) is 5.01. The van der Waals surface area contributed by atoms with Gasteiger partial charge in [-0.1, -0.05) is 0 Å². The van der Waals surface area contributed by atoms with Crippen molar-refractivity contribution >= 4 is 11.3 Å². The minimum absolute atomic E-state index is 0.349. The van der Waals surface area contributed by atoms with Crippen molar-refractivity contribution in [2.45, 2.75) is 38.3 Å². The molecule has 1 aromatic heterocycles. The van der Waals surface area contributed by atoms with Crippen LogP contribution in [0.3, 0.4) is 0 Å². The van der Waals surface area contributed by atoms with Gasteiger partial charge < -0.3 is 10.5 Å². The lowest BCUT2D eigenvalue weighted by Crippen LogP contribution is -2.21. The van der Waals surface area contributed by atoms with Gasteiger partial charge in [-0.2, -0.15) is 0 Å². The summed E-state index contributed by atoms with van der Waals surface area (Å²) in [6.07, 6.45) is 4.87. The van der Waals surface area contributed by atoms with Gasteiger partial charge in [-0.25, -0.2) is 0 Å². The Morgan fingerprint density at radius 3 is 2.86 bits per heavy atom.